The van der Waals surface area contributed by atoms with Crippen LogP contribution in [0, 0.1) is 5.92 Å². The number of nitrogens with one attached hydrogen (secondary N) is 1. The third-order valence-electron chi connectivity index (χ3n) is 4.16. The minimum atomic E-state index is -0.350. The van der Waals surface area contributed by atoms with Gasteiger partial charge < -0.3 is 15.3 Å². The molecule has 94 valence electrons. The van der Waals surface area contributed by atoms with Gasteiger partial charge in [-0.05, 0) is 54.2 Å². The second kappa shape index (κ2) is 5.06. The van der Waals surface area contributed by atoms with Gasteiger partial charge in [0.05, 0.1) is 6.10 Å². The first-order chi connectivity index (χ1) is 8.33. The highest BCUT2D eigenvalue weighted by Gasteiger charge is 2.33. The molecule has 0 aliphatic carbocycles. The van der Waals surface area contributed by atoms with Crippen LogP contribution in [0.1, 0.15) is 24.5 Å². The fraction of sp³-hybridized carbons (Fsp3) is 0.692. The molecule has 3 aliphatic heterocycles. The molecule has 4 rings (SSSR count). The summed E-state index contributed by atoms with van der Waals surface area (Å²) in [5.74, 6) is 0.828. The molecule has 0 radical (unpaired) electrons. The zero-order valence-corrected chi connectivity index (χ0v) is 10.8. The summed E-state index contributed by atoms with van der Waals surface area (Å²) >= 11 is 1.65. The maximum Gasteiger partial charge on any atom is 0.0922 e. The summed E-state index contributed by atoms with van der Waals surface area (Å²) in [4.78, 5) is 2.54. The Balaban J connectivity index is 1.51. The highest BCUT2D eigenvalue weighted by atomic mass is 32.1. The molecule has 3 nitrogen and oxygen atoms in total. The highest BCUT2D eigenvalue weighted by molar-refractivity contribution is 7.07. The van der Waals surface area contributed by atoms with Crippen molar-refractivity contribution in [2.45, 2.75) is 25.0 Å². The number of piperidine rings is 3. The van der Waals surface area contributed by atoms with Crippen molar-refractivity contribution in [3.8, 4) is 0 Å². The van der Waals surface area contributed by atoms with E-state index < -0.39 is 0 Å². The van der Waals surface area contributed by atoms with Gasteiger partial charge in [-0.2, -0.15) is 11.3 Å². The van der Waals surface area contributed by atoms with Crippen molar-refractivity contribution in [1.82, 2.24) is 10.2 Å². The van der Waals surface area contributed by atoms with Gasteiger partial charge >= 0.3 is 0 Å². The van der Waals surface area contributed by atoms with E-state index in [1.807, 2.05) is 16.8 Å². The van der Waals surface area contributed by atoms with Crippen LogP contribution >= 0.6 is 11.3 Å². The zero-order chi connectivity index (χ0) is 11.7. The van der Waals surface area contributed by atoms with E-state index >= 15 is 0 Å². The Morgan fingerprint density at radius 1 is 1.47 bits per heavy atom. The largest absolute Gasteiger partial charge is 0.387 e. The number of aliphatic hydroxyl groups excluding tert-OH is 1. The first-order valence-electron chi connectivity index (χ1n) is 6.49. The SMILES string of the molecule is OC(CNC1CN2CCC1CC2)c1ccsc1. The molecule has 3 saturated heterocycles. The summed E-state index contributed by atoms with van der Waals surface area (Å²) in [7, 11) is 0. The average molecular weight is 252 g/mol. The van der Waals surface area contributed by atoms with Crippen LogP contribution in [0.2, 0.25) is 0 Å². The predicted octanol–water partition coefficient (Wildman–Crippen LogP) is 1.47. The number of rotatable bonds is 4. The van der Waals surface area contributed by atoms with Gasteiger partial charge in [0.1, 0.15) is 0 Å². The first kappa shape index (κ1) is 11.7. The molecule has 2 bridgehead atoms. The van der Waals surface area contributed by atoms with Crippen LogP contribution in [0.4, 0.5) is 0 Å². The monoisotopic (exact) mass is 252 g/mol. The number of nitrogens with zero attached hydrogens (tertiary/aromatic N) is 1. The van der Waals surface area contributed by atoms with Gasteiger partial charge in [-0.3, -0.25) is 0 Å². The van der Waals surface area contributed by atoms with Crippen LogP contribution in [0.3, 0.4) is 0 Å². The van der Waals surface area contributed by atoms with Gasteiger partial charge in [-0.15, -0.1) is 0 Å². The quantitative estimate of drug-likeness (QED) is 0.852. The minimum absolute atomic E-state index is 0.350. The second-order valence-electron chi connectivity index (χ2n) is 5.23. The zero-order valence-electron chi connectivity index (χ0n) is 10.0. The lowest BCUT2D eigenvalue weighted by atomic mass is 9.84. The Kier molecular flexibility index (Phi) is 3.47. The van der Waals surface area contributed by atoms with Crippen molar-refractivity contribution in [2.24, 2.45) is 5.92 Å². The minimum Gasteiger partial charge on any atom is -0.387 e. The molecule has 3 fully saturated rings. The number of hydrogen-bond donors (Lipinski definition) is 2. The van der Waals surface area contributed by atoms with Crippen LogP contribution in [0.5, 0.6) is 0 Å². The van der Waals surface area contributed by atoms with E-state index in [9.17, 15) is 5.11 Å². The van der Waals surface area contributed by atoms with Crippen molar-refractivity contribution < 1.29 is 5.11 Å². The van der Waals surface area contributed by atoms with E-state index in [1.165, 1.54) is 32.5 Å². The van der Waals surface area contributed by atoms with Gasteiger partial charge in [-0.25, -0.2) is 0 Å². The molecule has 2 atom stereocenters. The summed E-state index contributed by atoms with van der Waals surface area (Å²) in [5, 5.41) is 17.6. The number of thiophene rings is 1. The molecule has 4 heteroatoms. The lowest BCUT2D eigenvalue weighted by molar-refractivity contribution is 0.0636. The van der Waals surface area contributed by atoms with Crippen molar-refractivity contribution >= 4 is 11.3 Å². The molecule has 0 saturated carbocycles. The molecule has 4 heterocycles. The fourth-order valence-electron chi connectivity index (χ4n) is 3.04. The molecule has 1 aromatic rings. The van der Waals surface area contributed by atoms with E-state index in [0.717, 1.165) is 11.5 Å². The molecule has 0 aromatic carbocycles. The maximum atomic E-state index is 10.0. The molecule has 3 aliphatic rings. The van der Waals surface area contributed by atoms with Gasteiger partial charge in [0.25, 0.3) is 0 Å². The van der Waals surface area contributed by atoms with Crippen LogP contribution in [0.15, 0.2) is 16.8 Å². The third-order valence-corrected chi connectivity index (χ3v) is 4.86. The van der Waals surface area contributed by atoms with Crippen molar-refractivity contribution in [3.05, 3.63) is 22.4 Å². The lowest BCUT2D eigenvalue weighted by Gasteiger charge is -2.45. The molecule has 1 aromatic heterocycles. The molecule has 17 heavy (non-hydrogen) atoms. The van der Waals surface area contributed by atoms with Gasteiger partial charge in [0, 0.05) is 19.1 Å². The van der Waals surface area contributed by atoms with E-state index in [0.29, 0.717) is 12.6 Å². The Morgan fingerprint density at radius 2 is 2.29 bits per heavy atom. The van der Waals surface area contributed by atoms with Gasteiger partial charge in [0.2, 0.25) is 0 Å². The Labute approximate surface area is 106 Å². The summed E-state index contributed by atoms with van der Waals surface area (Å²) < 4.78 is 0. The summed E-state index contributed by atoms with van der Waals surface area (Å²) in [6.45, 7) is 4.40. The first-order valence-corrected chi connectivity index (χ1v) is 7.43. The number of fused-ring (bicyclic) bond motifs is 3. The molecule has 0 amide bonds. The normalized spacial score (nSPS) is 33.8. The molecular weight excluding hydrogens is 232 g/mol. The Morgan fingerprint density at radius 3 is 2.88 bits per heavy atom. The number of aliphatic hydroxyl groups is 1. The fourth-order valence-corrected chi connectivity index (χ4v) is 3.75. The number of hydrogen-bond acceptors (Lipinski definition) is 4. The van der Waals surface area contributed by atoms with E-state index in [2.05, 4.69) is 10.2 Å². The predicted molar refractivity (Wildman–Crippen MR) is 70.2 cm³/mol. The van der Waals surface area contributed by atoms with Gasteiger partial charge in [-0.1, -0.05) is 0 Å². The van der Waals surface area contributed by atoms with E-state index in [-0.39, 0.29) is 6.10 Å². The smallest absolute Gasteiger partial charge is 0.0922 e. The van der Waals surface area contributed by atoms with Crippen LogP contribution in [-0.4, -0.2) is 42.2 Å². The van der Waals surface area contributed by atoms with E-state index in [4.69, 9.17) is 0 Å². The van der Waals surface area contributed by atoms with Crippen molar-refractivity contribution in [1.29, 1.82) is 0 Å². The van der Waals surface area contributed by atoms with Crippen molar-refractivity contribution in [2.75, 3.05) is 26.2 Å². The van der Waals surface area contributed by atoms with Crippen LogP contribution in [-0.2, 0) is 0 Å². The molecule has 0 spiro atoms. The van der Waals surface area contributed by atoms with Crippen molar-refractivity contribution in [3.63, 3.8) is 0 Å². The summed E-state index contributed by atoms with van der Waals surface area (Å²) in [6, 6.07) is 2.60. The van der Waals surface area contributed by atoms with Crippen LogP contribution < -0.4 is 5.32 Å². The van der Waals surface area contributed by atoms with E-state index in [1.54, 1.807) is 11.3 Å². The molecule has 2 unspecified atom stereocenters. The molecule has 2 N–H and O–H groups in total. The maximum absolute atomic E-state index is 10.0. The Hall–Kier alpha value is -0.420. The lowest BCUT2D eigenvalue weighted by Crippen LogP contribution is -2.56. The average Bonchev–Trinajstić information content (AvgIpc) is 2.91. The highest BCUT2D eigenvalue weighted by Crippen LogP contribution is 2.27. The summed E-state index contributed by atoms with van der Waals surface area (Å²) in [6.07, 6.45) is 2.30. The standard InChI is InChI=1S/C13H20N2OS/c16-13(11-3-6-17-9-11)7-14-12-8-15-4-1-10(12)2-5-15/h3,6,9-10,12-14,16H,1-2,4-5,7-8H2. The second-order valence-corrected chi connectivity index (χ2v) is 6.01. The summed E-state index contributed by atoms with van der Waals surface area (Å²) in [5.41, 5.74) is 1.05. The topological polar surface area (TPSA) is 35.5 Å². The Bertz CT molecular complexity index is 346. The third kappa shape index (κ3) is 2.55. The molecular formula is C13H20N2OS. The van der Waals surface area contributed by atoms with Crippen LogP contribution in [0.25, 0.3) is 0 Å². The van der Waals surface area contributed by atoms with Gasteiger partial charge in [0.15, 0.2) is 0 Å².